The molecule has 0 heterocycles. The van der Waals surface area contributed by atoms with E-state index in [4.69, 9.17) is 9.47 Å². The Morgan fingerprint density at radius 3 is 2.11 bits per heavy atom. The van der Waals surface area contributed by atoms with Gasteiger partial charge in [0.25, 0.3) is 0 Å². The molecule has 2 aromatic carbocycles. The van der Waals surface area contributed by atoms with Gasteiger partial charge in [0.1, 0.15) is 11.5 Å². The van der Waals surface area contributed by atoms with Crippen molar-refractivity contribution < 1.29 is 9.47 Å². The average Bonchev–Trinajstić information content (AvgIpc) is 2.34. The first-order valence-electron chi connectivity index (χ1n) is 5.79. The van der Waals surface area contributed by atoms with E-state index in [2.05, 4.69) is 64.2 Å². The summed E-state index contributed by atoms with van der Waals surface area (Å²) in [6.07, 6.45) is 0. The number of hydrogen-bond acceptors (Lipinski definition) is 2. The fourth-order valence-corrected chi connectivity index (χ4v) is 4.12. The van der Waals surface area contributed by atoms with E-state index in [1.165, 1.54) is 5.56 Å². The fourth-order valence-electron chi connectivity index (χ4n) is 1.82. The van der Waals surface area contributed by atoms with Crippen LogP contribution in [0.15, 0.2) is 30.3 Å². The van der Waals surface area contributed by atoms with E-state index < -0.39 is 0 Å². The molecule has 0 aliphatic carbocycles. The van der Waals surface area contributed by atoms with Crippen LogP contribution in [0.25, 0.3) is 0 Å². The molecule has 4 heteroatoms. The minimum atomic E-state index is 0.831. The molecule has 2 nitrogen and oxygen atoms in total. The Morgan fingerprint density at radius 1 is 0.947 bits per heavy atom. The Balaban J connectivity index is 2.34. The molecular formula is C15H14I2O2. The molecule has 0 saturated heterocycles. The minimum Gasteiger partial charge on any atom is -0.496 e. The van der Waals surface area contributed by atoms with Crippen LogP contribution in [-0.2, 0) is 0 Å². The predicted molar refractivity (Wildman–Crippen MR) is 94.4 cm³/mol. The van der Waals surface area contributed by atoms with E-state index >= 15 is 0 Å². The van der Waals surface area contributed by atoms with Crippen LogP contribution in [0.1, 0.15) is 11.1 Å². The molecule has 0 amide bonds. The highest BCUT2D eigenvalue weighted by Gasteiger charge is 2.09. The van der Waals surface area contributed by atoms with Crippen molar-refractivity contribution in [2.75, 3.05) is 7.11 Å². The molecule has 0 radical (unpaired) electrons. The molecule has 0 bridgehead atoms. The van der Waals surface area contributed by atoms with Gasteiger partial charge in [-0.15, -0.1) is 0 Å². The highest BCUT2D eigenvalue weighted by molar-refractivity contribution is 14.1. The molecular weight excluding hydrogens is 466 g/mol. The topological polar surface area (TPSA) is 18.5 Å². The Labute approximate surface area is 140 Å². The summed E-state index contributed by atoms with van der Waals surface area (Å²) in [6, 6.07) is 10.1. The zero-order valence-corrected chi connectivity index (χ0v) is 15.3. The summed E-state index contributed by atoms with van der Waals surface area (Å²) >= 11 is 4.61. The fraction of sp³-hybridized carbons (Fsp3) is 0.200. The number of halogens is 2. The zero-order valence-electron chi connectivity index (χ0n) is 11.0. The minimum absolute atomic E-state index is 0.831. The number of methoxy groups -OCH3 is 1. The van der Waals surface area contributed by atoms with Gasteiger partial charge >= 0.3 is 0 Å². The number of aryl methyl sites for hydroxylation is 2. The molecule has 0 unspecified atom stereocenters. The smallest absolute Gasteiger partial charge is 0.154 e. The molecule has 0 fully saturated rings. The van der Waals surface area contributed by atoms with Gasteiger partial charge in [-0.1, -0.05) is 0 Å². The third kappa shape index (κ3) is 3.53. The predicted octanol–water partition coefficient (Wildman–Crippen LogP) is 5.31. The molecule has 19 heavy (non-hydrogen) atoms. The Bertz CT molecular complexity index is 586. The van der Waals surface area contributed by atoms with Crippen molar-refractivity contribution >= 4 is 45.2 Å². The Hall–Kier alpha value is -0.500. The SMILES string of the molecule is COc1ccc(Oc2c(I)cc(C)cc2I)cc1C. The highest BCUT2D eigenvalue weighted by Crippen LogP contribution is 2.34. The third-order valence-electron chi connectivity index (χ3n) is 2.73. The van der Waals surface area contributed by atoms with Gasteiger partial charge in [0.05, 0.1) is 14.3 Å². The van der Waals surface area contributed by atoms with E-state index in [9.17, 15) is 0 Å². The van der Waals surface area contributed by atoms with Crippen LogP contribution in [0, 0.1) is 21.0 Å². The summed E-state index contributed by atoms with van der Waals surface area (Å²) in [4.78, 5) is 0. The molecule has 0 spiro atoms. The summed E-state index contributed by atoms with van der Waals surface area (Å²) in [7, 11) is 1.68. The molecule has 100 valence electrons. The van der Waals surface area contributed by atoms with E-state index in [0.717, 1.165) is 30.0 Å². The monoisotopic (exact) mass is 480 g/mol. The average molecular weight is 480 g/mol. The lowest BCUT2D eigenvalue weighted by Crippen LogP contribution is -1.93. The summed E-state index contributed by atoms with van der Waals surface area (Å²) in [5.74, 6) is 2.62. The first kappa shape index (κ1) is 14.9. The van der Waals surface area contributed by atoms with E-state index in [1.807, 2.05) is 25.1 Å². The maximum atomic E-state index is 6.00. The number of rotatable bonds is 3. The standard InChI is InChI=1S/C15H14I2O2/c1-9-6-12(16)15(13(17)7-9)19-11-4-5-14(18-3)10(2)8-11/h4-8H,1-3H3. The molecule has 0 N–H and O–H groups in total. The lowest BCUT2D eigenvalue weighted by Gasteiger charge is -2.12. The van der Waals surface area contributed by atoms with Crippen LogP contribution >= 0.6 is 45.2 Å². The van der Waals surface area contributed by atoms with Crippen LogP contribution in [0.3, 0.4) is 0 Å². The first-order chi connectivity index (χ1) is 9.01. The van der Waals surface area contributed by atoms with Crippen molar-refractivity contribution in [3.8, 4) is 17.2 Å². The van der Waals surface area contributed by atoms with Crippen LogP contribution in [0.4, 0.5) is 0 Å². The van der Waals surface area contributed by atoms with Gasteiger partial charge in [-0.3, -0.25) is 0 Å². The Kier molecular flexibility index (Phi) is 4.94. The second-order valence-corrected chi connectivity index (χ2v) is 6.62. The molecule has 0 aliphatic heterocycles. The van der Waals surface area contributed by atoms with Crippen LogP contribution < -0.4 is 9.47 Å². The van der Waals surface area contributed by atoms with Crippen LogP contribution in [0.2, 0.25) is 0 Å². The van der Waals surface area contributed by atoms with E-state index in [1.54, 1.807) is 7.11 Å². The summed E-state index contributed by atoms with van der Waals surface area (Å²) in [5.41, 5.74) is 2.31. The molecule has 0 aromatic heterocycles. The lowest BCUT2D eigenvalue weighted by molar-refractivity contribution is 0.409. The molecule has 0 atom stereocenters. The van der Waals surface area contributed by atoms with Gasteiger partial charge in [-0.2, -0.15) is 0 Å². The summed E-state index contributed by atoms with van der Waals surface area (Å²) in [5, 5.41) is 0. The highest BCUT2D eigenvalue weighted by atomic mass is 127. The van der Waals surface area contributed by atoms with Crippen molar-refractivity contribution in [2.24, 2.45) is 0 Å². The first-order valence-corrected chi connectivity index (χ1v) is 7.95. The quantitative estimate of drug-likeness (QED) is 0.555. The number of ether oxygens (including phenoxy) is 2. The molecule has 2 aromatic rings. The normalized spacial score (nSPS) is 10.4. The van der Waals surface area contributed by atoms with Crippen LogP contribution in [0.5, 0.6) is 17.2 Å². The second-order valence-electron chi connectivity index (χ2n) is 4.29. The van der Waals surface area contributed by atoms with Crippen LogP contribution in [-0.4, -0.2) is 7.11 Å². The maximum Gasteiger partial charge on any atom is 0.154 e. The number of hydrogen-bond donors (Lipinski definition) is 0. The van der Waals surface area contributed by atoms with Gasteiger partial charge in [0.15, 0.2) is 5.75 Å². The number of benzene rings is 2. The summed E-state index contributed by atoms with van der Waals surface area (Å²) in [6.45, 7) is 4.10. The van der Waals surface area contributed by atoms with Gasteiger partial charge < -0.3 is 9.47 Å². The largest absolute Gasteiger partial charge is 0.496 e. The van der Waals surface area contributed by atoms with E-state index in [0.29, 0.717) is 0 Å². The van der Waals surface area contributed by atoms with E-state index in [-0.39, 0.29) is 0 Å². The second kappa shape index (κ2) is 6.30. The molecule has 0 aliphatic rings. The van der Waals surface area contributed by atoms with Crippen molar-refractivity contribution in [3.63, 3.8) is 0 Å². The van der Waals surface area contributed by atoms with Crippen molar-refractivity contribution in [1.29, 1.82) is 0 Å². The van der Waals surface area contributed by atoms with Gasteiger partial charge in [-0.25, -0.2) is 0 Å². The van der Waals surface area contributed by atoms with Gasteiger partial charge in [0.2, 0.25) is 0 Å². The van der Waals surface area contributed by atoms with Crippen molar-refractivity contribution in [1.82, 2.24) is 0 Å². The Morgan fingerprint density at radius 2 is 1.58 bits per heavy atom. The van der Waals surface area contributed by atoms with Crippen molar-refractivity contribution in [3.05, 3.63) is 48.6 Å². The molecule has 2 rings (SSSR count). The molecule has 0 saturated carbocycles. The zero-order chi connectivity index (χ0) is 14.0. The van der Waals surface area contributed by atoms with Crippen molar-refractivity contribution in [2.45, 2.75) is 13.8 Å². The van der Waals surface area contributed by atoms with Gasteiger partial charge in [0, 0.05) is 0 Å². The lowest BCUT2D eigenvalue weighted by atomic mass is 10.2. The summed E-state index contributed by atoms with van der Waals surface area (Å²) < 4.78 is 13.5. The third-order valence-corrected chi connectivity index (χ3v) is 4.33. The maximum absolute atomic E-state index is 6.00. The van der Waals surface area contributed by atoms with Gasteiger partial charge in [-0.05, 0) is 100 Å².